The van der Waals surface area contributed by atoms with Gasteiger partial charge in [0.1, 0.15) is 0 Å². The van der Waals surface area contributed by atoms with Crippen molar-refractivity contribution in [3.63, 3.8) is 0 Å². The van der Waals surface area contributed by atoms with Gasteiger partial charge in [-0.3, -0.25) is 0 Å². The van der Waals surface area contributed by atoms with Gasteiger partial charge in [0.25, 0.3) is 0 Å². The van der Waals surface area contributed by atoms with Gasteiger partial charge in [0.05, 0.1) is 0 Å². The fraction of sp³-hybridized carbons (Fsp3) is 0.600. The average Bonchev–Trinajstić information content (AvgIpc) is 2.68. The van der Waals surface area contributed by atoms with Crippen LogP contribution < -0.4 is 5.73 Å². The van der Waals surface area contributed by atoms with Crippen LogP contribution in [0.25, 0.3) is 0 Å². The van der Waals surface area contributed by atoms with E-state index in [0.29, 0.717) is 23.8 Å². The second-order valence-electron chi connectivity index (χ2n) is 5.55. The first-order chi connectivity index (χ1) is 8.09. The minimum Gasteiger partial charge on any atom is -0.328 e. The Labute approximate surface area is 109 Å². The zero-order valence-electron chi connectivity index (χ0n) is 11.0. The normalized spacial score (nSPS) is 22.5. The van der Waals surface area contributed by atoms with E-state index in [-0.39, 0.29) is 0 Å². The highest BCUT2D eigenvalue weighted by Crippen LogP contribution is 2.43. The summed E-state index contributed by atoms with van der Waals surface area (Å²) >= 11 is 2.00. The number of rotatable bonds is 4. The Balaban J connectivity index is 2.10. The summed E-state index contributed by atoms with van der Waals surface area (Å²) in [5.41, 5.74) is 7.67. The van der Waals surface area contributed by atoms with Crippen molar-refractivity contribution in [2.75, 3.05) is 5.75 Å². The van der Waals surface area contributed by atoms with E-state index in [9.17, 15) is 0 Å². The van der Waals surface area contributed by atoms with Gasteiger partial charge in [-0.2, -0.15) is 0 Å². The van der Waals surface area contributed by atoms with Crippen molar-refractivity contribution in [3.05, 3.63) is 29.8 Å². The molecule has 1 nitrogen and oxygen atoms in total. The first-order valence-electron chi connectivity index (χ1n) is 6.57. The van der Waals surface area contributed by atoms with Gasteiger partial charge in [-0.25, -0.2) is 0 Å². The van der Waals surface area contributed by atoms with Crippen molar-refractivity contribution >= 4 is 11.8 Å². The van der Waals surface area contributed by atoms with Crippen LogP contribution in [-0.4, -0.2) is 11.8 Å². The van der Waals surface area contributed by atoms with Gasteiger partial charge in [-0.05, 0) is 42.7 Å². The van der Waals surface area contributed by atoms with Gasteiger partial charge in [0.2, 0.25) is 0 Å². The van der Waals surface area contributed by atoms with Gasteiger partial charge >= 0.3 is 0 Å². The third-order valence-corrected chi connectivity index (χ3v) is 5.14. The first kappa shape index (κ1) is 13.0. The third kappa shape index (κ3) is 2.86. The smallest absolute Gasteiger partial charge is 0.0107 e. The molecule has 0 fully saturated rings. The predicted molar refractivity (Wildman–Crippen MR) is 76.5 cm³/mol. The summed E-state index contributed by atoms with van der Waals surface area (Å²) in [5, 5.41) is 0. The molecule has 17 heavy (non-hydrogen) atoms. The van der Waals surface area contributed by atoms with Crippen LogP contribution in [0.2, 0.25) is 0 Å². The summed E-state index contributed by atoms with van der Waals surface area (Å²) in [4.78, 5) is 1.48. The zero-order valence-corrected chi connectivity index (χ0v) is 11.8. The lowest BCUT2D eigenvalue weighted by molar-refractivity contribution is 0.296. The largest absolute Gasteiger partial charge is 0.328 e. The van der Waals surface area contributed by atoms with Gasteiger partial charge in [-0.15, -0.1) is 11.8 Å². The number of fused-ring (bicyclic) bond motifs is 1. The Morgan fingerprint density at radius 1 is 1.29 bits per heavy atom. The Kier molecular flexibility index (Phi) is 4.16. The van der Waals surface area contributed by atoms with Crippen molar-refractivity contribution in [2.45, 2.75) is 44.0 Å². The molecule has 0 saturated carbocycles. The van der Waals surface area contributed by atoms with Crippen molar-refractivity contribution in [2.24, 2.45) is 17.6 Å². The molecule has 1 aliphatic rings. The maximum Gasteiger partial charge on any atom is 0.0107 e. The molecule has 0 aliphatic carbocycles. The summed E-state index contributed by atoms with van der Waals surface area (Å²) in [7, 11) is 0. The van der Waals surface area contributed by atoms with Crippen LogP contribution in [0.15, 0.2) is 29.2 Å². The summed E-state index contributed by atoms with van der Waals surface area (Å²) in [6.45, 7) is 6.74. The molecule has 1 aliphatic heterocycles. The molecular weight excluding hydrogens is 226 g/mol. The molecule has 3 atom stereocenters. The van der Waals surface area contributed by atoms with E-state index < -0.39 is 0 Å². The second kappa shape index (κ2) is 5.45. The van der Waals surface area contributed by atoms with E-state index >= 15 is 0 Å². The lowest BCUT2D eigenvalue weighted by Crippen LogP contribution is -2.31. The van der Waals surface area contributed by atoms with Crippen LogP contribution in [-0.2, 0) is 0 Å². The van der Waals surface area contributed by atoms with E-state index in [2.05, 4.69) is 45.0 Å². The first-order valence-corrected chi connectivity index (χ1v) is 7.55. The standard InChI is InChI=1S/C15H23NS/c1-10(2)14(11(3)16)8-12-9-17-15-7-5-4-6-13(12)15/h4-7,10-12,14H,8-9,16H2,1-3H3. The van der Waals surface area contributed by atoms with Gasteiger partial charge < -0.3 is 5.73 Å². The van der Waals surface area contributed by atoms with E-state index in [0.717, 1.165) is 0 Å². The summed E-state index contributed by atoms with van der Waals surface area (Å²) in [6.07, 6.45) is 1.24. The minimum absolute atomic E-state index is 0.299. The molecule has 2 rings (SSSR count). The quantitative estimate of drug-likeness (QED) is 0.876. The number of hydrogen-bond acceptors (Lipinski definition) is 2. The summed E-state index contributed by atoms with van der Waals surface area (Å²) in [6, 6.07) is 9.13. The second-order valence-corrected chi connectivity index (χ2v) is 6.61. The molecule has 1 aromatic carbocycles. The molecule has 0 bridgehead atoms. The van der Waals surface area contributed by atoms with Crippen LogP contribution in [0, 0.1) is 11.8 Å². The summed E-state index contributed by atoms with van der Waals surface area (Å²) in [5.74, 6) is 3.24. The number of nitrogens with two attached hydrogens (primary N) is 1. The zero-order chi connectivity index (χ0) is 12.4. The monoisotopic (exact) mass is 249 g/mol. The topological polar surface area (TPSA) is 26.0 Å². The fourth-order valence-corrected chi connectivity index (χ4v) is 4.12. The van der Waals surface area contributed by atoms with Crippen molar-refractivity contribution in [3.8, 4) is 0 Å². The Morgan fingerprint density at radius 2 is 2.00 bits per heavy atom. The SMILES string of the molecule is CC(C)C(CC1CSc2ccccc21)C(C)N. The Bertz CT molecular complexity index is 365. The highest BCUT2D eigenvalue weighted by Gasteiger charge is 2.28. The van der Waals surface area contributed by atoms with Gasteiger partial charge in [0, 0.05) is 16.7 Å². The maximum atomic E-state index is 6.13. The average molecular weight is 249 g/mol. The van der Waals surface area contributed by atoms with E-state index in [1.807, 2.05) is 11.8 Å². The molecule has 0 amide bonds. The van der Waals surface area contributed by atoms with E-state index in [1.54, 1.807) is 5.56 Å². The van der Waals surface area contributed by atoms with Crippen molar-refractivity contribution < 1.29 is 0 Å². The highest BCUT2D eigenvalue weighted by molar-refractivity contribution is 7.99. The van der Waals surface area contributed by atoms with E-state index in [4.69, 9.17) is 5.73 Å². The van der Waals surface area contributed by atoms with Gasteiger partial charge in [-0.1, -0.05) is 32.0 Å². The molecule has 94 valence electrons. The van der Waals surface area contributed by atoms with Crippen molar-refractivity contribution in [1.29, 1.82) is 0 Å². The molecule has 3 unspecified atom stereocenters. The molecule has 0 radical (unpaired) electrons. The van der Waals surface area contributed by atoms with Crippen LogP contribution in [0.1, 0.15) is 38.7 Å². The lowest BCUT2D eigenvalue weighted by Gasteiger charge is -2.27. The molecular formula is C15H23NS. The highest BCUT2D eigenvalue weighted by atomic mass is 32.2. The van der Waals surface area contributed by atoms with Crippen LogP contribution in [0.4, 0.5) is 0 Å². The predicted octanol–water partition coefficient (Wildman–Crippen LogP) is 3.89. The molecule has 1 aromatic rings. The number of hydrogen-bond donors (Lipinski definition) is 1. The van der Waals surface area contributed by atoms with E-state index in [1.165, 1.54) is 17.1 Å². The molecule has 0 saturated heterocycles. The van der Waals surface area contributed by atoms with Crippen LogP contribution >= 0.6 is 11.8 Å². The minimum atomic E-state index is 0.299. The lowest BCUT2D eigenvalue weighted by atomic mass is 9.80. The maximum absolute atomic E-state index is 6.13. The summed E-state index contributed by atoms with van der Waals surface area (Å²) < 4.78 is 0. The van der Waals surface area contributed by atoms with Crippen molar-refractivity contribution in [1.82, 2.24) is 0 Å². The third-order valence-electron chi connectivity index (χ3n) is 3.89. The Hall–Kier alpha value is -0.470. The fourth-order valence-electron chi connectivity index (χ4n) is 2.85. The number of thioether (sulfide) groups is 1. The van der Waals surface area contributed by atoms with Gasteiger partial charge in [0.15, 0.2) is 0 Å². The number of benzene rings is 1. The molecule has 2 N–H and O–H groups in total. The molecule has 0 spiro atoms. The molecule has 2 heteroatoms. The van der Waals surface area contributed by atoms with Crippen LogP contribution in [0.3, 0.4) is 0 Å². The Morgan fingerprint density at radius 3 is 2.65 bits per heavy atom. The van der Waals surface area contributed by atoms with Crippen LogP contribution in [0.5, 0.6) is 0 Å². The molecule has 0 aromatic heterocycles. The molecule has 1 heterocycles.